The van der Waals surface area contributed by atoms with Crippen LogP contribution >= 0.6 is 0 Å². The lowest BCUT2D eigenvalue weighted by Crippen LogP contribution is -2.29. The molecule has 1 heterocycles. The zero-order chi connectivity index (χ0) is 17.5. The molecule has 0 aliphatic carbocycles. The van der Waals surface area contributed by atoms with Crippen molar-refractivity contribution >= 4 is 11.7 Å². The van der Waals surface area contributed by atoms with Crippen molar-refractivity contribution in [1.82, 2.24) is 15.1 Å². The van der Waals surface area contributed by atoms with E-state index in [0.29, 0.717) is 19.7 Å². The van der Waals surface area contributed by atoms with E-state index in [1.54, 1.807) is 7.11 Å². The van der Waals surface area contributed by atoms with Gasteiger partial charge in [0.15, 0.2) is 0 Å². The van der Waals surface area contributed by atoms with Gasteiger partial charge < -0.3 is 15.4 Å². The minimum absolute atomic E-state index is 0.209. The second kappa shape index (κ2) is 8.49. The Labute approximate surface area is 143 Å². The average Bonchev–Trinajstić information content (AvgIpc) is 2.85. The number of aromatic nitrogens is 2. The van der Waals surface area contributed by atoms with Crippen LogP contribution in [0.25, 0.3) is 0 Å². The quantitative estimate of drug-likeness (QED) is 0.820. The second-order valence-electron chi connectivity index (χ2n) is 5.68. The predicted octanol–water partition coefficient (Wildman–Crippen LogP) is 3.03. The molecule has 0 spiro atoms. The molecule has 2 aromatic rings. The molecule has 1 aromatic carbocycles. The van der Waals surface area contributed by atoms with Gasteiger partial charge in [0.1, 0.15) is 0 Å². The monoisotopic (exact) mass is 330 g/mol. The predicted molar refractivity (Wildman–Crippen MR) is 95.3 cm³/mol. The molecular weight excluding hydrogens is 304 g/mol. The summed E-state index contributed by atoms with van der Waals surface area (Å²) in [6.07, 6.45) is 0.876. The Balaban J connectivity index is 1.98. The molecule has 6 nitrogen and oxygen atoms in total. The average molecular weight is 330 g/mol. The van der Waals surface area contributed by atoms with Crippen molar-refractivity contribution in [2.45, 2.75) is 40.3 Å². The second-order valence-corrected chi connectivity index (χ2v) is 5.68. The topological polar surface area (TPSA) is 68.2 Å². The van der Waals surface area contributed by atoms with Crippen LogP contribution in [0.1, 0.15) is 29.4 Å². The van der Waals surface area contributed by atoms with Crippen LogP contribution < -0.4 is 10.6 Å². The summed E-state index contributed by atoms with van der Waals surface area (Å²) in [7, 11) is 1.67. The summed E-state index contributed by atoms with van der Waals surface area (Å²) in [5.41, 5.74) is 5.00. The highest BCUT2D eigenvalue weighted by atomic mass is 16.5. The van der Waals surface area contributed by atoms with Gasteiger partial charge in [0.2, 0.25) is 0 Å². The van der Waals surface area contributed by atoms with Gasteiger partial charge in [-0.2, -0.15) is 5.10 Å². The molecule has 0 aliphatic heterocycles. The number of urea groups is 1. The number of para-hydroxylation sites is 1. The number of carbonyl (C=O) groups is 1. The van der Waals surface area contributed by atoms with E-state index in [9.17, 15) is 4.79 Å². The van der Waals surface area contributed by atoms with Crippen molar-refractivity contribution in [3.05, 3.63) is 46.8 Å². The molecule has 0 bridgehead atoms. The minimum atomic E-state index is -0.209. The number of carbonyl (C=O) groups excluding carboxylic acids is 1. The van der Waals surface area contributed by atoms with Gasteiger partial charge in [0.25, 0.3) is 0 Å². The standard InChI is InChI=1S/C18H26N4O2/c1-5-15-8-6-7-9-17(15)20-18(23)19-12-16-13(2)21-22(14(16)3)10-11-24-4/h6-9H,5,10-12H2,1-4H3,(H2,19,20,23). The Morgan fingerprint density at radius 1 is 1.29 bits per heavy atom. The van der Waals surface area contributed by atoms with Crippen molar-refractivity contribution < 1.29 is 9.53 Å². The molecule has 0 aliphatic rings. The summed E-state index contributed by atoms with van der Waals surface area (Å²) in [4.78, 5) is 12.2. The molecule has 2 rings (SSSR count). The molecule has 130 valence electrons. The molecule has 0 saturated heterocycles. The molecule has 24 heavy (non-hydrogen) atoms. The van der Waals surface area contributed by atoms with E-state index < -0.39 is 0 Å². The summed E-state index contributed by atoms with van der Waals surface area (Å²) >= 11 is 0. The summed E-state index contributed by atoms with van der Waals surface area (Å²) < 4.78 is 7.01. The van der Waals surface area contributed by atoms with Crippen molar-refractivity contribution in [1.29, 1.82) is 0 Å². The van der Waals surface area contributed by atoms with Crippen LogP contribution in [0.2, 0.25) is 0 Å². The number of rotatable bonds is 7. The zero-order valence-corrected chi connectivity index (χ0v) is 14.8. The van der Waals surface area contributed by atoms with Gasteiger partial charge in [-0.1, -0.05) is 25.1 Å². The van der Waals surface area contributed by atoms with Crippen molar-refractivity contribution in [2.75, 3.05) is 19.0 Å². The Hall–Kier alpha value is -2.34. The molecular formula is C18H26N4O2. The maximum Gasteiger partial charge on any atom is 0.319 e. The maximum atomic E-state index is 12.2. The first kappa shape index (κ1) is 18.0. The third-order valence-corrected chi connectivity index (χ3v) is 4.11. The SMILES string of the molecule is CCc1ccccc1NC(=O)NCc1c(C)nn(CCOC)c1C. The number of benzene rings is 1. The summed E-state index contributed by atoms with van der Waals surface area (Å²) in [5, 5.41) is 10.3. The third-order valence-electron chi connectivity index (χ3n) is 4.11. The molecule has 0 radical (unpaired) electrons. The number of nitrogens with zero attached hydrogens (tertiary/aromatic N) is 2. The summed E-state index contributed by atoms with van der Waals surface area (Å²) in [6.45, 7) is 7.81. The number of hydrogen-bond acceptors (Lipinski definition) is 3. The smallest absolute Gasteiger partial charge is 0.319 e. The van der Waals surface area contributed by atoms with Crippen molar-refractivity contribution in [3.8, 4) is 0 Å². The van der Waals surface area contributed by atoms with E-state index >= 15 is 0 Å². The lowest BCUT2D eigenvalue weighted by molar-refractivity contribution is 0.182. The first-order valence-corrected chi connectivity index (χ1v) is 8.21. The van der Waals surface area contributed by atoms with Gasteiger partial charge in [-0.25, -0.2) is 4.79 Å². The number of amides is 2. The lowest BCUT2D eigenvalue weighted by Gasteiger charge is -2.11. The molecule has 6 heteroatoms. The highest BCUT2D eigenvalue weighted by Crippen LogP contribution is 2.16. The van der Waals surface area contributed by atoms with Crippen LogP contribution in [0.4, 0.5) is 10.5 Å². The highest BCUT2D eigenvalue weighted by molar-refractivity contribution is 5.90. The van der Waals surface area contributed by atoms with Gasteiger partial charge in [0, 0.05) is 30.6 Å². The Morgan fingerprint density at radius 2 is 2.04 bits per heavy atom. The Bertz CT molecular complexity index is 694. The first-order valence-electron chi connectivity index (χ1n) is 8.21. The zero-order valence-electron chi connectivity index (χ0n) is 14.8. The van der Waals surface area contributed by atoms with E-state index in [0.717, 1.165) is 34.6 Å². The number of aryl methyl sites for hydroxylation is 2. The Kier molecular flexibility index (Phi) is 6.37. The van der Waals surface area contributed by atoms with Gasteiger partial charge in [-0.3, -0.25) is 4.68 Å². The number of methoxy groups -OCH3 is 1. The Morgan fingerprint density at radius 3 is 2.75 bits per heavy atom. The van der Waals surface area contributed by atoms with Crippen LogP contribution in [0.15, 0.2) is 24.3 Å². The number of anilines is 1. The molecule has 1 aromatic heterocycles. The molecule has 0 atom stereocenters. The normalized spacial score (nSPS) is 10.7. The fraction of sp³-hybridized carbons (Fsp3) is 0.444. The summed E-state index contributed by atoms with van der Waals surface area (Å²) in [5.74, 6) is 0. The largest absolute Gasteiger partial charge is 0.383 e. The van der Waals surface area contributed by atoms with Crippen molar-refractivity contribution in [2.24, 2.45) is 0 Å². The molecule has 0 unspecified atom stereocenters. The highest BCUT2D eigenvalue weighted by Gasteiger charge is 2.12. The van der Waals surface area contributed by atoms with E-state index in [1.807, 2.05) is 42.8 Å². The van der Waals surface area contributed by atoms with Crippen LogP contribution in [-0.2, 0) is 24.2 Å². The lowest BCUT2D eigenvalue weighted by atomic mass is 10.1. The van der Waals surface area contributed by atoms with Crippen LogP contribution in [0.3, 0.4) is 0 Å². The first-order chi connectivity index (χ1) is 11.6. The van der Waals surface area contributed by atoms with Gasteiger partial charge >= 0.3 is 6.03 Å². The van der Waals surface area contributed by atoms with E-state index in [1.165, 1.54) is 0 Å². The van der Waals surface area contributed by atoms with Gasteiger partial charge in [0.05, 0.1) is 18.8 Å². The minimum Gasteiger partial charge on any atom is -0.383 e. The van der Waals surface area contributed by atoms with E-state index in [2.05, 4.69) is 22.7 Å². The van der Waals surface area contributed by atoms with Crippen LogP contribution in [0, 0.1) is 13.8 Å². The molecule has 2 amide bonds. The van der Waals surface area contributed by atoms with Crippen molar-refractivity contribution in [3.63, 3.8) is 0 Å². The van der Waals surface area contributed by atoms with E-state index in [4.69, 9.17) is 4.74 Å². The fourth-order valence-corrected chi connectivity index (χ4v) is 2.67. The van der Waals surface area contributed by atoms with Gasteiger partial charge in [-0.15, -0.1) is 0 Å². The van der Waals surface area contributed by atoms with Gasteiger partial charge in [-0.05, 0) is 31.9 Å². The van der Waals surface area contributed by atoms with Crippen LogP contribution in [-0.4, -0.2) is 29.5 Å². The number of nitrogens with one attached hydrogen (secondary N) is 2. The van der Waals surface area contributed by atoms with Crippen LogP contribution in [0.5, 0.6) is 0 Å². The number of hydrogen-bond donors (Lipinski definition) is 2. The third kappa shape index (κ3) is 4.35. The van der Waals surface area contributed by atoms with E-state index in [-0.39, 0.29) is 6.03 Å². The maximum absolute atomic E-state index is 12.2. The number of ether oxygens (including phenoxy) is 1. The fourth-order valence-electron chi connectivity index (χ4n) is 2.67. The molecule has 0 fully saturated rings. The molecule has 2 N–H and O–H groups in total. The molecule has 0 saturated carbocycles. The summed E-state index contributed by atoms with van der Waals surface area (Å²) in [6, 6.07) is 7.62.